The van der Waals surface area contributed by atoms with E-state index in [1.807, 2.05) is 12.1 Å². The Hall–Kier alpha value is -3.19. The zero-order valence-electron chi connectivity index (χ0n) is 18.0. The van der Waals surface area contributed by atoms with Gasteiger partial charge in [0.1, 0.15) is 6.04 Å². The van der Waals surface area contributed by atoms with Gasteiger partial charge < -0.3 is 15.5 Å². The molecule has 3 heterocycles. The highest BCUT2D eigenvalue weighted by atomic mass is 16.2. The van der Waals surface area contributed by atoms with Crippen molar-refractivity contribution in [3.05, 3.63) is 64.7 Å². The van der Waals surface area contributed by atoms with Crippen LogP contribution in [0.5, 0.6) is 0 Å². The standard InChI is InChI=1S/C25H28N4O3/c26-11-10-16-12-17-4-1-2-7-21(17)28(13-16)14-18-5-3-6-19-20(18)15-29(25(19)32)22-8-9-23(30)27-24(22)31/h1-7,16,22H,8-15,26H2,(H,27,30,31). The maximum atomic E-state index is 13.1. The molecule has 1 fully saturated rings. The second kappa shape index (κ2) is 8.39. The predicted molar refractivity (Wildman–Crippen MR) is 121 cm³/mol. The van der Waals surface area contributed by atoms with E-state index in [0.717, 1.165) is 30.5 Å². The summed E-state index contributed by atoms with van der Waals surface area (Å²) in [6.45, 7) is 2.72. The molecule has 2 aromatic rings. The van der Waals surface area contributed by atoms with Crippen LogP contribution in [0.25, 0.3) is 0 Å². The summed E-state index contributed by atoms with van der Waals surface area (Å²) < 4.78 is 0. The van der Waals surface area contributed by atoms with E-state index in [1.165, 1.54) is 11.3 Å². The van der Waals surface area contributed by atoms with E-state index >= 15 is 0 Å². The molecule has 3 N–H and O–H groups in total. The minimum absolute atomic E-state index is 0.128. The Bertz CT molecular complexity index is 1080. The number of carbonyl (C=O) groups excluding carboxylic acids is 3. The molecule has 2 atom stereocenters. The van der Waals surface area contributed by atoms with Crippen molar-refractivity contribution < 1.29 is 14.4 Å². The topological polar surface area (TPSA) is 95.7 Å². The molecule has 0 aliphatic carbocycles. The van der Waals surface area contributed by atoms with Gasteiger partial charge in [0.05, 0.1) is 0 Å². The number of fused-ring (bicyclic) bond motifs is 2. The van der Waals surface area contributed by atoms with Crippen molar-refractivity contribution in [2.24, 2.45) is 11.7 Å². The van der Waals surface area contributed by atoms with Crippen molar-refractivity contribution in [2.75, 3.05) is 18.0 Å². The second-order valence-corrected chi connectivity index (χ2v) is 9.00. The zero-order chi connectivity index (χ0) is 22.2. The quantitative estimate of drug-likeness (QED) is 0.705. The molecule has 0 spiro atoms. The Kier molecular flexibility index (Phi) is 5.43. The maximum absolute atomic E-state index is 13.1. The molecule has 2 aromatic carbocycles. The van der Waals surface area contributed by atoms with Crippen LogP contribution in [-0.2, 0) is 29.1 Å². The lowest BCUT2D eigenvalue weighted by molar-refractivity contribution is -0.136. The summed E-state index contributed by atoms with van der Waals surface area (Å²) in [6.07, 6.45) is 2.66. The molecule has 7 nitrogen and oxygen atoms in total. The van der Waals surface area contributed by atoms with Crippen LogP contribution in [0.3, 0.4) is 0 Å². The molecule has 0 aromatic heterocycles. The van der Waals surface area contributed by atoms with Crippen LogP contribution < -0.4 is 16.0 Å². The summed E-state index contributed by atoms with van der Waals surface area (Å²) in [5.74, 6) is -0.268. The fraction of sp³-hybridized carbons (Fsp3) is 0.400. The van der Waals surface area contributed by atoms with Crippen LogP contribution in [0.1, 0.15) is 46.3 Å². The van der Waals surface area contributed by atoms with Gasteiger partial charge in [-0.3, -0.25) is 19.7 Å². The van der Waals surface area contributed by atoms with E-state index in [4.69, 9.17) is 5.73 Å². The molecule has 2 unspecified atom stereocenters. The minimum atomic E-state index is -0.593. The van der Waals surface area contributed by atoms with Crippen LogP contribution in [0.4, 0.5) is 5.69 Å². The van der Waals surface area contributed by atoms with E-state index in [-0.39, 0.29) is 24.1 Å². The highest BCUT2D eigenvalue weighted by Gasteiger charge is 2.40. The van der Waals surface area contributed by atoms with E-state index in [0.29, 0.717) is 37.5 Å². The number of hydrogen-bond acceptors (Lipinski definition) is 5. The minimum Gasteiger partial charge on any atom is -0.367 e. The van der Waals surface area contributed by atoms with E-state index < -0.39 is 6.04 Å². The summed E-state index contributed by atoms with van der Waals surface area (Å²) in [5.41, 5.74) is 11.2. The lowest BCUT2D eigenvalue weighted by atomic mass is 9.89. The van der Waals surface area contributed by atoms with Crippen LogP contribution in [-0.4, -0.2) is 41.8 Å². The van der Waals surface area contributed by atoms with Gasteiger partial charge in [-0.15, -0.1) is 0 Å². The number of nitrogens with one attached hydrogen (secondary N) is 1. The normalized spacial score (nSPS) is 22.6. The number of nitrogens with two attached hydrogens (primary N) is 1. The Balaban J connectivity index is 1.42. The molecule has 166 valence electrons. The fourth-order valence-electron chi connectivity index (χ4n) is 5.36. The number of anilines is 1. The van der Waals surface area contributed by atoms with Gasteiger partial charge in [-0.2, -0.15) is 0 Å². The summed E-state index contributed by atoms with van der Waals surface area (Å²) in [7, 11) is 0. The van der Waals surface area contributed by atoms with Gasteiger partial charge in [0.2, 0.25) is 11.8 Å². The summed E-state index contributed by atoms with van der Waals surface area (Å²) >= 11 is 0. The zero-order valence-corrected chi connectivity index (χ0v) is 18.0. The average Bonchev–Trinajstić information content (AvgIpc) is 3.11. The summed E-state index contributed by atoms with van der Waals surface area (Å²) in [6, 6.07) is 13.8. The average molecular weight is 433 g/mol. The number of carbonyl (C=O) groups is 3. The number of nitrogens with zero attached hydrogens (tertiary/aromatic N) is 2. The Labute approximate surface area is 187 Å². The lowest BCUT2D eigenvalue weighted by Crippen LogP contribution is -2.52. The number of amides is 3. The third-order valence-corrected chi connectivity index (χ3v) is 6.93. The van der Waals surface area contributed by atoms with Gasteiger partial charge in [0.25, 0.3) is 5.91 Å². The largest absolute Gasteiger partial charge is 0.367 e. The first kappa shape index (κ1) is 20.7. The Morgan fingerprint density at radius 1 is 1.06 bits per heavy atom. The molecule has 7 heteroatoms. The molecular formula is C25H28N4O3. The smallest absolute Gasteiger partial charge is 0.255 e. The first-order chi connectivity index (χ1) is 15.5. The highest BCUT2D eigenvalue weighted by Crippen LogP contribution is 2.35. The number of imide groups is 1. The van der Waals surface area contributed by atoms with Gasteiger partial charge in [-0.1, -0.05) is 30.3 Å². The van der Waals surface area contributed by atoms with Crippen LogP contribution in [0, 0.1) is 5.92 Å². The van der Waals surface area contributed by atoms with Gasteiger partial charge in [0.15, 0.2) is 0 Å². The number of piperidine rings is 1. The van der Waals surface area contributed by atoms with Crippen molar-refractivity contribution >= 4 is 23.4 Å². The molecule has 0 bridgehead atoms. The van der Waals surface area contributed by atoms with E-state index in [2.05, 4.69) is 40.5 Å². The van der Waals surface area contributed by atoms with Crippen molar-refractivity contribution in [1.29, 1.82) is 0 Å². The van der Waals surface area contributed by atoms with E-state index in [9.17, 15) is 14.4 Å². The fourth-order valence-corrected chi connectivity index (χ4v) is 5.36. The van der Waals surface area contributed by atoms with Gasteiger partial charge in [-0.05, 0) is 60.5 Å². The summed E-state index contributed by atoms with van der Waals surface area (Å²) in [4.78, 5) is 41.1. The first-order valence-corrected chi connectivity index (χ1v) is 11.3. The molecule has 32 heavy (non-hydrogen) atoms. The number of rotatable bonds is 5. The molecule has 3 amide bonds. The molecule has 3 aliphatic heterocycles. The maximum Gasteiger partial charge on any atom is 0.255 e. The monoisotopic (exact) mass is 432 g/mol. The third kappa shape index (κ3) is 3.66. The second-order valence-electron chi connectivity index (χ2n) is 9.00. The van der Waals surface area contributed by atoms with Crippen molar-refractivity contribution in [3.8, 4) is 0 Å². The Morgan fingerprint density at radius 2 is 1.91 bits per heavy atom. The summed E-state index contributed by atoms with van der Waals surface area (Å²) in [5, 5.41) is 2.37. The molecule has 1 saturated heterocycles. The van der Waals surface area contributed by atoms with Crippen molar-refractivity contribution in [2.45, 2.75) is 44.8 Å². The highest BCUT2D eigenvalue weighted by molar-refractivity contribution is 6.05. The Morgan fingerprint density at radius 3 is 2.72 bits per heavy atom. The molecule has 0 radical (unpaired) electrons. The van der Waals surface area contributed by atoms with Gasteiger partial charge in [0, 0.05) is 37.3 Å². The van der Waals surface area contributed by atoms with Gasteiger partial charge in [-0.25, -0.2) is 0 Å². The van der Waals surface area contributed by atoms with Crippen molar-refractivity contribution in [3.63, 3.8) is 0 Å². The van der Waals surface area contributed by atoms with Crippen LogP contribution >= 0.6 is 0 Å². The first-order valence-electron chi connectivity index (χ1n) is 11.3. The molecule has 0 saturated carbocycles. The van der Waals surface area contributed by atoms with E-state index in [1.54, 1.807) is 4.90 Å². The molecule has 5 rings (SSSR count). The number of benzene rings is 2. The number of hydrogen-bond donors (Lipinski definition) is 2. The van der Waals surface area contributed by atoms with Crippen LogP contribution in [0.2, 0.25) is 0 Å². The lowest BCUT2D eigenvalue weighted by Gasteiger charge is -2.36. The molecular weight excluding hydrogens is 404 g/mol. The third-order valence-electron chi connectivity index (χ3n) is 6.93. The number of para-hydroxylation sites is 1. The van der Waals surface area contributed by atoms with Crippen molar-refractivity contribution in [1.82, 2.24) is 10.2 Å². The van der Waals surface area contributed by atoms with Crippen LogP contribution in [0.15, 0.2) is 42.5 Å². The van der Waals surface area contributed by atoms with Gasteiger partial charge >= 0.3 is 0 Å². The predicted octanol–water partition coefficient (Wildman–Crippen LogP) is 1.98. The SMILES string of the molecule is NCCC1Cc2ccccc2N(Cc2cccc3c2CN(C2CCC(=O)NC2=O)C3=O)C1. The molecule has 3 aliphatic rings.